The first-order chi connectivity index (χ1) is 8.26. The van der Waals surface area contributed by atoms with Crippen LogP contribution in [0, 0.1) is 13.8 Å². The molecule has 1 aromatic carbocycles. The van der Waals surface area contributed by atoms with Crippen molar-refractivity contribution >= 4 is 15.9 Å². The van der Waals surface area contributed by atoms with E-state index in [0.29, 0.717) is 6.42 Å². The predicted molar refractivity (Wildman–Crippen MR) is 78.9 cm³/mol. The second-order valence-corrected chi connectivity index (χ2v) is 6.28. The Morgan fingerprint density at radius 2 is 1.78 bits per heavy atom. The highest BCUT2D eigenvalue weighted by molar-refractivity contribution is 9.10. The van der Waals surface area contributed by atoms with E-state index in [2.05, 4.69) is 15.9 Å². The largest absolute Gasteiger partial charge is 0.388 e. The summed E-state index contributed by atoms with van der Waals surface area (Å²) < 4.78 is 6.49. The Bertz CT molecular complexity index is 390. The first kappa shape index (κ1) is 15.7. The van der Waals surface area contributed by atoms with Crippen LogP contribution in [0.2, 0.25) is 0 Å². The summed E-state index contributed by atoms with van der Waals surface area (Å²) in [6.07, 6.45) is 1.12. The van der Waals surface area contributed by atoms with Crippen LogP contribution in [0.15, 0.2) is 16.6 Å². The summed E-state index contributed by atoms with van der Waals surface area (Å²) in [6, 6.07) is 4.09. The SMILES string of the molecule is COC(C)(C)CCC(O)c1cc(C)c(Br)c(C)c1. The molecule has 0 saturated heterocycles. The van der Waals surface area contributed by atoms with Gasteiger partial charge < -0.3 is 9.84 Å². The molecule has 0 amide bonds. The molecule has 0 aliphatic rings. The fourth-order valence-corrected chi connectivity index (χ4v) is 2.15. The van der Waals surface area contributed by atoms with Crippen LogP contribution in [0.5, 0.6) is 0 Å². The fourth-order valence-electron chi connectivity index (χ4n) is 1.92. The zero-order chi connectivity index (χ0) is 13.9. The van der Waals surface area contributed by atoms with E-state index in [1.54, 1.807) is 7.11 Å². The normalized spacial score (nSPS) is 13.7. The molecule has 3 heteroatoms. The van der Waals surface area contributed by atoms with Gasteiger partial charge in [0.25, 0.3) is 0 Å². The average Bonchev–Trinajstić information content (AvgIpc) is 2.32. The molecule has 0 heterocycles. The van der Waals surface area contributed by atoms with Gasteiger partial charge in [0, 0.05) is 11.6 Å². The van der Waals surface area contributed by atoms with Crippen LogP contribution in [0.4, 0.5) is 0 Å². The first-order valence-electron chi connectivity index (χ1n) is 6.26. The third kappa shape index (κ3) is 4.08. The molecule has 0 fully saturated rings. The highest BCUT2D eigenvalue weighted by atomic mass is 79.9. The Morgan fingerprint density at radius 1 is 1.28 bits per heavy atom. The molecule has 1 rings (SSSR count). The zero-order valence-electron chi connectivity index (χ0n) is 11.9. The molecule has 1 atom stereocenters. The number of methoxy groups -OCH3 is 1. The van der Waals surface area contributed by atoms with Crippen molar-refractivity contribution in [2.75, 3.05) is 7.11 Å². The van der Waals surface area contributed by atoms with Crippen LogP contribution in [-0.4, -0.2) is 17.8 Å². The second-order valence-electron chi connectivity index (χ2n) is 5.49. The highest BCUT2D eigenvalue weighted by Crippen LogP contribution is 2.29. The van der Waals surface area contributed by atoms with Gasteiger partial charge in [0.2, 0.25) is 0 Å². The summed E-state index contributed by atoms with van der Waals surface area (Å²) in [5, 5.41) is 10.2. The van der Waals surface area contributed by atoms with Crippen LogP contribution < -0.4 is 0 Å². The molecule has 0 aliphatic heterocycles. The summed E-state index contributed by atoms with van der Waals surface area (Å²) in [7, 11) is 1.71. The van der Waals surface area contributed by atoms with Crippen molar-refractivity contribution in [2.45, 2.75) is 52.2 Å². The van der Waals surface area contributed by atoms with Crippen LogP contribution >= 0.6 is 15.9 Å². The van der Waals surface area contributed by atoms with Gasteiger partial charge in [-0.1, -0.05) is 28.1 Å². The molecule has 0 aromatic heterocycles. The number of aryl methyl sites for hydroxylation is 2. The third-order valence-electron chi connectivity index (χ3n) is 3.42. The molecule has 1 aromatic rings. The Balaban J connectivity index is 2.76. The number of hydrogen-bond donors (Lipinski definition) is 1. The number of rotatable bonds is 5. The Morgan fingerprint density at radius 3 is 2.22 bits per heavy atom. The van der Waals surface area contributed by atoms with Crippen molar-refractivity contribution in [2.24, 2.45) is 0 Å². The number of hydrogen-bond acceptors (Lipinski definition) is 2. The van der Waals surface area contributed by atoms with E-state index < -0.39 is 6.10 Å². The van der Waals surface area contributed by atoms with Crippen LogP contribution in [0.3, 0.4) is 0 Å². The zero-order valence-corrected chi connectivity index (χ0v) is 13.5. The van der Waals surface area contributed by atoms with Crippen molar-refractivity contribution in [3.8, 4) is 0 Å². The lowest BCUT2D eigenvalue weighted by molar-refractivity contribution is 0.00278. The van der Waals surface area contributed by atoms with Gasteiger partial charge in [0.1, 0.15) is 0 Å². The molecule has 2 nitrogen and oxygen atoms in total. The molecule has 1 unspecified atom stereocenters. The summed E-state index contributed by atoms with van der Waals surface area (Å²) in [5.41, 5.74) is 3.13. The monoisotopic (exact) mass is 314 g/mol. The fraction of sp³-hybridized carbons (Fsp3) is 0.600. The quantitative estimate of drug-likeness (QED) is 0.877. The number of benzene rings is 1. The lowest BCUT2D eigenvalue weighted by Crippen LogP contribution is -2.23. The highest BCUT2D eigenvalue weighted by Gasteiger charge is 2.19. The second kappa shape index (κ2) is 6.18. The molecule has 0 saturated carbocycles. The minimum Gasteiger partial charge on any atom is -0.388 e. The lowest BCUT2D eigenvalue weighted by Gasteiger charge is -2.24. The van der Waals surface area contributed by atoms with Gasteiger partial charge in [-0.2, -0.15) is 0 Å². The smallest absolute Gasteiger partial charge is 0.0791 e. The van der Waals surface area contributed by atoms with Gasteiger partial charge in [0.15, 0.2) is 0 Å². The number of halogens is 1. The number of aliphatic hydroxyl groups is 1. The van der Waals surface area contributed by atoms with E-state index in [4.69, 9.17) is 4.74 Å². The maximum absolute atomic E-state index is 10.2. The summed E-state index contributed by atoms with van der Waals surface area (Å²) in [5.74, 6) is 0. The topological polar surface area (TPSA) is 29.5 Å². The third-order valence-corrected chi connectivity index (χ3v) is 4.67. The van der Waals surface area contributed by atoms with E-state index in [-0.39, 0.29) is 5.60 Å². The van der Waals surface area contributed by atoms with Crippen LogP contribution in [0.25, 0.3) is 0 Å². The molecular weight excluding hydrogens is 292 g/mol. The van der Waals surface area contributed by atoms with Gasteiger partial charge in [-0.3, -0.25) is 0 Å². The van der Waals surface area contributed by atoms with Gasteiger partial charge in [-0.15, -0.1) is 0 Å². The standard InChI is InChI=1S/C15H23BrO2/c1-10-8-12(9-11(2)14(10)16)13(17)6-7-15(3,4)18-5/h8-9,13,17H,6-7H2,1-5H3. The van der Waals surface area contributed by atoms with Gasteiger partial charge in [-0.25, -0.2) is 0 Å². The van der Waals surface area contributed by atoms with Gasteiger partial charge in [0.05, 0.1) is 11.7 Å². The van der Waals surface area contributed by atoms with Crippen molar-refractivity contribution in [1.29, 1.82) is 0 Å². The number of aliphatic hydroxyl groups excluding tert-OH is 1. The summed E-state index contributed by atoms with van der Waals surface area (Å²) in [6.45, 7) is 8.17. The Labute approximate surface area is 118 Å². The molecule has 18 heavy (non-hydrogen) atoms. The average molecular weight is 315 g/mol. The minimum atomic E-state index is -0.426. The Kier molecular flexibility index (Phi) is 5.38. The van der Waals surface area contributed by atoms with Crippen LogP contribution in [-0.2, 0) is 4.74 Å². The molecule has 0 aliphatic carbocycles. The number of ether oxygens (including phenoxy) is 1. The van der Waals surface area contributed by atoms with E-state index in [1.165, 1.54) is 0 Å². The Hall–Kier alpha value is -0.380. The van der Waals surface area contributed by atoms with Gasteiger partial charge >= 0.3 is 0 Å². The lowest BCUT2D eigenvalue weighted by atomic mass is 9.95. The molecule has 102 valence electrons. The molecule has 0 spiro atoms. The van der Waals surface area contributed by atoms with Crippen molar-refractivity contribution in [3.63, 3.8) is 0 Å². The maximum Gasteiger partial charge on any atom is 0.0791 e. The van der Waals surface area contributed by atoms with Crippen molar-refractivity contribution in [3.05, 3.63) is 33.3 Å². The van der Waals surface area contributed by atoms with Crippen molar-refractivity contribution in [1.82, 2.24) is 0 Å². The molecule has 0 radical (unpaired) electrons. The van der Waals surface area contributed by atoms with Gasteiger partial charge in [-0.05, 0) is 57.2 Å². The van der Waals surface area contributed by atoms with Crippen LogP contribution in [0.1, 0.15) is 49.5 Å². The molecule has 0 bridgehead atoms. The van der Waals surface area contributed by atoms with E-state index in [9.17, 15) is 5.11 Å². The first-order valence-corrected chi connectivity index (χ1v) is 7.06. The van der Waals surface area contributed by atoms with E-state index in [1.807, 2.05) is 39.8 Å². The van der Waals surface area contributed by atoms with E-state index in [0.717, 1.165) is 27.6 Å². The summed E-state index contributed by atoms with van der Waals surface area (Å²) >= 11 is 3.54. The molecular formula is C15H23BrO2. The predicted octanol–water partition coefficient (Wildman–Crippen LogP) is 4.30. The van der Waals surface area contributed by atoms with Crippen molar-refractivity contribution < 1.29 is 9.84 Å². The minimum absolute atomic E-state index is 0.180. The summed E-state index contributed by atoms with van der Waals surface area (Å²) in [4.78, 5) is 0. The molecule has 1 N–H and O–H groups in total. The maximum atomic E-state index is 10.2. The van der Waals surface area contributed by atoms with E-state index >= 15 is 0 Å².